The summed E-state index contributed by atoms with van der Waals surface area (Å²) < 4.78 is 5.49. The van der Waals surface area contributed by atoms with E-state index in [4.69, 9.17) is 4.74 Å². The van der Waals surface area contributed by atoms with Crippen molar-refractivity contribution < 1.29 is 4.74 Å². The number of benzene rings is 2. The van der Waals surface area contributed by atoms with Crippen LogP contribution in [0.5, 0.6) is 5.75 Å². The molecule has 132 valence electrons. The van der Waals surface area contributed by atoms with E-state index in [2.05, 4.69) is 59.3 Å². The van der Waals surface area contributed by atoms with Gasteiger partial charge in [-0.25, -0.2) is 0 Å². The molecule has 0 bridgehead atoms. The van der Waals surface area contributed by atoms with E-state index in [1.54, 1.807) is 7.11 Å². The summed E-state index contributed by atoms with van der Waals surface area (Å²) in [4.78, 5) is 2.53. The molecule has 2 aromatic rings. The smallest absolute Gasteiger partial charge is 0.123 e. The largest absolute Gasteiger partial charge is 0.496 e. The van der Waals surface area contributed by atoms with Crippen molar-refractivity contribution in [3.8, 4) is 5.75 Å². The number of para-hydroxylation sites is 1. The Morgan fingerprint density at radius 1 is 1.16 bits per heavy atom. The molecular formula is C22H28N2O. The van der Waals surface area contributed by atoms with Crippen molar-refractivity contribution in [3.63, 3.8) is 0 Å². The summed E-state index contributed by atoms with van der Waals surface area (Å²) in [6.07, 6.45) is 4.40. The van der Waals surface area contributed by atoms with Crippen LogP contribution in [0.1, 0.15) is 30.0 Å². The van der Waals surface area contributed by atoms with E-state index in [0.29, 0.717) is 12.1 Å². The molecule has 0 amide bonds. The number of hydrogen-bond acceptors (Lipinski definition) is 3. The molecule has 1 N–H and O–H groups in total. The molecule has 0 aromatic heterocycles. The lowest BCUT2D eigenvalue weighted by Gasteiger charge is -2.42. The van der Waals surface area contributed by atoms with Crippen LogP contribution in [-0.2, 0) is 6.54 Å². The number of likely N-dealkylation sites (tertiary alicyclic amines) is 1. The second kappa shape index (κ2) is 8.84. The van der Waals surface area contributed by atoms with Gasteiger partial charge in [-0.15, -0.1) is 6.58 Å². The third kappa shape index (κ3) is 4.30. The average molecular weight is 336 g/mol. The van der Waals surface area contributed by atoms with Gasteiger partial charge in [-0.2, -0.15) is 0 Å². The maximum atomic E-state index is 5.49. The summed E-state index contributed by atoms with van der Waals surface area (Å²) in [5.41, 5.74) is 2.58. The minimum Gasteiger partial charge on any atom is -0.496 e. The van der Waals surface area contributed by atoms with Crippen molar-refractivity contribution in [2.24, 2.45) is 0 Å². The number of hydrogen-bond donors (Lipinski definition) is 1. The van der Waals surface area contributed by atoms with Gasteiger partial charge >= 0.3 is 0 Å². The first-order valence-electron chi connectivity index (χ1n) is 9.08. The Labute approximate surface area is 151 Å². The standard InChI is InChI=1S/C22H28N2O/c1-3-15-24-16-9-13-20(22(24)18-10-5-4-6-11-18)23-17-19-12-7-8-14-21(19)25-2/h3-8,10-12,14,20,22-23H,1,9,13,15-17H2,2H3/t20-,22-/m1/s1. The quantitative estimate of drug-likeness (QED) is 0.768. The number of methoxy groups -OCH3 is 1. The predicted octanol–water partition coefficient (Wildman–Crippen LogP) is 4.18. The molecule has 2 atom stereocenters. The van der Waals surface area contributed by atoms with E-state index in [0.717, 1.165) is 25.4 Å². The molecule has 0 spiro atoms. The molecule has 1 heterocycles. The molecule has 1 aliphatic heterocycles. The van der Waals surface area contributed by atoms with Gasteiger partial charge in [0.15, 0.2) is 0 Å². The number of nitrogens with one attached hydrogen (secondary N) is 1. The Morgan fingerprint density at radius 3 is 2.68 bits per heavy atom. The molecule has 3 heteroatoms. The lowest BCUT2D eigenvalue weighted by Crippen LogP contribution is -2.48. The highest BCUT2D eigenvalue weighted by molar-refractivity contribution is 5.33. The molecule has 1 aliphatic rings. The van der Waals surface area contributed by atoms with Gasteiger partial charge in [-0.1, -0.05) is 54.6 Å². The molecule has 25 heavy (non-hydrogen) atoms. The predicted molar refractivity (Wildman–Crippen MR) is 104 cm³/mol. The molecule has 0 saturated carbocycles. The van der Waals surface area contributed by atoms with Crippen LogP contribution < -0.4 is 10.1 Å². The topological polar surface area (TPSA) is 24.5 Å². The Hall–Kier alpha value is -2.10. The van der Waals surface area contributed by atoms with E-state index in [9.17, 15) is 0 Å². The van der Waals surface area contributed by atoms with Gasteiger partial charge in [0.25, 0.3) is 0 Å². The summed E-state index contributed by atoms with van der Waals surface area (Å²) >= 11 is 0. The van der Waals surface area contributed by atoms with Gasteiger partial charge in [-0.05, 0) is 31.0 Å². The molecule has 0 unspecified atom stereocenters. The summed E-state index contributed by atoms with van der Waals surface area (Å²) in [7, 11) is 1.73. The zero-order chi connectivity index (χ0) is 17.5. The highest BCUT2D eigenvalue weighted by Crippen LogP contribution is 2.31. The Morgan fingerprint density at radius 2 is 1.92 bits per heavy atom. The minimum absolute atomic E-state index is 0.377. The summed E-state index contributed by atoms with van der Waals surface area (Å²) in [6, 6.07) is 19.9. The minimum atomic E-state index is 0.377. The van der Waals surface area contributed by atoms with Crippen LogP contribution in [0.3, 0.4) is 0 Å². The highest BCUT2D eigenvalue weighted by atomic mass is 16.5. The molecular weight excluding hydrogens is 308 g/mol. The Balaban J connectivity index is 1.78. The van der Waals surface area contributed by atoms with Crippen LogP contribution in [-0.4, -0.2) is 31.1 Å². The van der Waals surface area contributed by atoms with Crippen molar-refractivity contribution in [1.29, 1.82) is 0 Å². The van der Waals surface area contributed by atoms with Crippen molar-refractivity contribution >= 4 is 0 Å². The second-order valence-electron chi connectivity index (χ2n) is 6.58. The first-order chi connectivity index (χ1) is 12.3. The van der Waals surface area contributed by atoms with Gasteiger partial charge in [0, 0.05) is 24.7 Å². The molecule has 3 rings (SSSR count). The first kappa shape index (κ1) is 17.7. The van der Waals surface area contributed by atoms with E-state index < -0.39 is 0 Å². The highest BCUT2D eigenvalue weighted by Gasteiger charge is 2.31. The van der Waals surface area contributed by atoms with Gasteiger partial charge in [-0.3, -0.25) is 4.90 Å². The molecule has 1 saturated heterocycles. The van der Waals surface area contributed by atoms with Crippen LogP contribution >= 0.6 is 0 Å². The third-order valence-corrected chi connectivity index (χ3v) is 4.99. The molecule has 2 aromatic carbocycles. The number of piperidine rings is 1. The fourth-order valence-corrected chi connectivity index (χ4v) is 3.83. The fourth-order valence-electron chi connectivity index (χ4n) is 3.83. The average Bonchev–Trinajstić information content (AvgIpc) is 2.67. The number of nitrogens with zero attached hydrogens (tertiary/aromatic N) is 1. The van der Waals surface area contributed by atoms with Crippen LogP contribution in [0.25, 0.3) is 0 Å². The normalized spacial score (nSPS) is 21.0. The third-order valence-electron chi connectivity index (χ3n) is 4.99. The van der Waals surface area contributed by atoms with Crippen LogP contribution in [0, 0.1) is 0 Å². The Bertz CT molecular complexity index is 671. The van der Waals surface area contributed by atoms with Gasteiger partial charge < -0.3 is 10.1 Å². The van der Waals surface area contributed by atoms with E-state index in [1.165, 1.54) is 24.0 Å². The van der Waals surface area contributed by atoms with E-state index in [-0.39, 0.29) is 0 Å². The van der Waals surface area contributed by atoms with Gasteiger partial charge in [0.1, 0.15) is 5.75 Å². The molecule has 1 fully saturated rings. The molecule has 0 aliphatic carbocycles. The van der Waals surface area contributed by atoms with Crippen LogP contribution in [0.2, 0.25) is 0 Å². The fraction of sp³-hybridized carbons (Fsp3) is 0.364. The number of rotatable bonds is 7. The number of ether oxygens (including phenoxy) is 1. The van der Waals surface area contributed by atoms with Crippen molar-refractivity contribution in [2.75, 3.05) is 20.2 Å². The van der Waals surface area contributed by atoms with E-state index >= 15 is 0 Å². The monoisotopic (exact) mass is 336 g/mol. The van der Waals surface area contributed by atoms with Crippen molar-refractivity contribution in [2.45, 2.75) is 31.5 Å². The molecule has 3 nitrogen and oxygen atoms in total. The Kier molecular flexibility index (Phi) is 6.26. The zero-order valence-corrected chi connectivity index (χ0v) is 15.0. The SMILES string of the molecule is C=CCN1CCC[C@@H](NCc2ccccc2OC)[C@H]1c1ccccc1. The second-order valence-corrected chi connectivity index (χ2v) is 6.58. The maximum Gasteiger partial charge on any atom is 0.123 e. The van der Waals surface area contributed by atoms with Crippen LogP contribution in [0.4, 0.5) is 0 Å². The van der Waals surface area contributed by atoms with Crippen molar-refractivity contribution in [1.82, 2.24) is 10.2 Å². The molecule has 0 radical (unpaired) electrons. The van der Waals surface area contributed by atoms with Crippen LogP contribution in [0.15, 0.2) is 67.3 Å². The first-order valence-corrected chi connectivity index (χ1v) is 9.08. The van der Waals surface area contributed by atoms with Gasteiger partial charge in [0.2, 0.25) is 0 Å². The maximum absolute atomic E-state index is 5.49. The lowest BCUT2D eigenvalue weighted by atomic mass is 9.90. The van der Waals surface area contributed by atoms with E-state index in [1.807, 2.05) is 18.2 Å². The lowest BCUT2D eigenvalue weighted by molar-refractivity contribution is 0.124. The summed E-state index contributed by atoms with van der Waals surface area (Å²) in [5, 5.41) is 3.79. The summed E-state index contributed by atoms with van der Waals surface area (Å²) in [5.74, 6) is 0.949. The van der Waals surface area contributed by atoms with Gasteiger partial charge in [0.05, 0.1) is 13.2 Å². The summed E-state index contributed by atoms with van der Waals surface area (Å²) in [6.45, 7) is 6.81. The van der Waals surface area contributed by atoms with Crippen molar-refractivity contribution in [3.05, 3.63) is 78.4 Å². The zero-order valence-electron chi connectivity index (χ0n) is 15.0.